The molecule has 1 amide bonds. The third-order valence-corrected chi connectivity index (χ3v) is 7.24. The van der Waals surface area contributed by atoms with E-state index in [1.54, 1.807) is 0 Å². The van der Waals surface area contributed by atoms with Crippen LogP contribution in [0, 0.1) is 28.0 Å². The quantitative estimate of drug-likeness (QED) is 0.148. The van der Waals surface area contributed by atoms with Crippen LogP contribution in [0.4, 0.5) is 8.78 Å². The summed E-state index contributed by atoms with van der Waals surface area (Å²) in [6.45, 7) is 9.55. The highest BCUT2D eigenvalue weighted by atomic mass is 127. The van der Waals surface area contributed by atoms with Crippen molar-refractivity contribution in [1.29, 1.82) is 0 Å². The largest absolute Gasteiger partial charge is 0.349 e. The van der Waals surface area contributed by atoms with Crippen molar-refractivity contribution in [2.45, 2.75) is 59.2 Å². The molecule has 0 aliphatic rings. The van der Waals surface area contributed by atoms with Gasteiger partial charge in [0.05, 0.1) is 0 Å². The molecule has 7 heteroatoms. The smallest absolute Gasteiger partial charge is 0.251 e. The van der Waals surface area contributed by atoms with Crippen molar-refractivity contribution in [2.24, 2.45) is 5.92 Å². The van der Waals surface area contributed by atoms with Gasteiger partial charge in [0.25, 0.3) is 5.91 Å². The molecule has 0 aliphatic carbocycles. The van der Waals surface area contributed by atoms with Crippen LogP contribution < -0.4 is 10.6 Å². The number of carbonyl (C=O) groups excluding carboxylic acids is 1. The van der Waals surface area contributed by atoms with Crippen molar-refractivity contribution < 1.29 is 13.6 Å². The number of carbonyl (C=O) groups is 1. The van der Waals surface area contributed by atoms with Crippen LogP contribution in [0.1, 0.15) is 59.3 Å². The Balaban J connectivity index is 1.68. The Kier molecular flexibility index (Phi) is 12.3. The fourth-order valence-corrected chi connectivity index (χ4v) is 5.22. The number of amides is 1. The first-order valence-corrected chi connectivity index (χ1v) is 14.7. The molecule has 3 aromatic carbocycles. The summed E-state index contributed by atoms with van der Waals surface area (Å²) >= 11 is 2.29. The maximum atomic E-state index is 13.9. The van der Waals surface area contributed by atoms with Crippen LogP contribution in [-0.4, -0.2) is 37.0 Å². The molecule has 2 N–H and O–H groups in total. The highest BCUT2D eigenvalue weighted by Crippen LogP contribution is 2.16. The number of nitrogens with zero attached hydrogens (tertiary/aromatic N) is 1. The normalized spacial score (nSPS) is 12.2. The van der Waals surface area contributed by atoms with Gasteiger partial charge < -0.3 is 15.5 Å². The number of halogens is 3. The predicted molar refractivity (Wildman–Crippen MR) is 164 cm³/mol. The zero-order valence-electron chi connectivity index (χ0n) is 23.4. The monoisotopic (exact) mass is 647 g/mol. The number of hydrogen-bond acceptors (Lipinski definition) is 3. The maximum absolute atomic E-state index is 13.9. The first-order chi connectivity index (χ1) is 18.6. The molecule has 0 fully saturated rings. The molecular weight excluding hydrogens is 607 g/mol. The summed E-state index contributed by atoms with van der Waals surface area (Å²) in [5, 5.41) is 6.57. The van der Waals surface area contributed by atoms with Crippen LogP contribution >= 0.6 is 22.6 Å². The zero-order valence-corrected chi connectivity index (χ0v) is 25.5. The molecule has 0 saturated heterocycles. The molecule has 39 heavy (non-hydrogen) atoms. The maximum Gasteiger partial charge on any atom is 0.251 e. The van der Waals surface area contributed by atoms with Gasteiger partial charge in [-0.3, -0.25) is 4.79 Å². The second-order valence-electron chi connectivity index (χ2n) is 10.9. The Morgan fingerprint density at radius 1 is 0.949 bits per heavy atom. The fraction of sp³-hybridized carbons (Fsp3) is 0.406. The minimum absolute atomic E-state index is 0.177. The summed E-state index contributed by atoms with van der Waals surface area (Å²) in [6.07, 6.45) is 2.07. The van der Waals surface area contributed by atoms with Gasteiger partial charge in [-0.15, -0.1) is 0 Å². The molecular formula is C32H40F2IN3O. The lowest BCUT2D eigenvalue weighted by atomic mass is 10.0. The zero-order chi connectivity index (χ0) is 28.4. The fourth-order valence-electron chi connectivity index (χ4n) is 4.62. The highest BCUT2D eigenvalue weighted by molar-refractivity contribution is 14.1. The van der Waals surface area contributed by atoms with Crippen LogP contribution in [0.2, 0.25) is 0 Å². The molecule has 3 rings (SSSR count). The standard InChI is InChI=1S/C32H40F2IN3O/c1-22(2)9-11-38(4)21-26-12-23(3)13-27(14-26)32(39)37-31(18-25-15-28(33)19-29(34)16-25)8-10-36-20-24-6-5-7-30(35)17-24/h5-7,12-17,19,22,31,36H,8-11,18,20-21H2,1-4H3,(H,37,39)/t31-/m1/s1. The van der Waals surface area contributed by atoms with Crippen molar-refractivity contribution in [3.63, 3.8) is 0 Å². The van der Waals surface area contributed by atoms with Crippen LogP contribution in [0.3, 0.4) is 0 Å². The van der Waals surface area contributed by atoms with E-state index in [9.17, 15) is 13.6 Å². The molecule has 0 radical (unpaired) electrons. The Bertz CT molecular complexity index is 1210. The number of rotatable bonds is 14. The first kappa shape index (κ1) is 31.2. The minimum atomic E-state index is -0.614. The van der Waals surface area contributed by atoms with Gasteiger partial charge in [-0.05, 0) is 128 Å². The van der Waals surface area contributed by atoms with Gasteiger partial charge in [0, 0.05) is 34.3 Å². The lowest BCUT2D eigenvalue weighted by Crippen LogP contribution is -2.38. The van der Waals surface area contributed by atoms with E-state index in [1.165, 1.54) is 21.3 Å². The van der Waals surface area contributed by atoms with Gasteiger partial charge in [-0.2, -0.15) is 0 Å². The van der Waals surface area contributed by atoms with Gasteiger partial charge in [0.2, 0.25) is 0 Å². The van der Waals surface area contributed by atoms with Gasteiger partial charge in [0.15, 0.2) is 0 Å². The number of benzene rings is 3. The van der Waals surface area contributed by atoms with Crippen molar-refractivity contribution in [3.05, 3.63) is 104 Å². The van der Waals surface area contributed by atoms with E-state index in [0.29, 0.717) is 43.0 Å². The van der Waals surface area contributed by atoms with E-state index in [1.807, 2.05) is 31.2 Å². The molecule has 0 heterocycles. The van der Waals surface area contributed by atoms with Crippen molar-refractivity contribution >= 4 is 28.5 Å². The number of nitrogens with one attached hydrogen (secondary N) is 2. The van der Waals surface area contributed by atoms with Crippen molar-refractivity contribution in [2.75, 3.05) is 20.1 Å². The average molecular weight is 648 g/mol. The van der Waals surface area contributed by atoms with E-state index in [4.69, 9.17) is 0 Å². The van der Waals surface area contributed by atoms with E-state index in [-0.39, 0.29) is 11.9 Å². The second-order valence-corrected chi connectivity index (χ2v) is 12.1. The predicted octanol–water partition coefficient (Wildman–Crippen LogP) is 6.88. The topological polar surface area (TPSA) is 44.4 Å². The van der Waals surface area contributed by atoms with E-state index < -0.39 is 11.6 Å². The third-order valence-electron chi connectivity index (χ3n) is 6.57. The van der Waals surface area contributed by atoms with Crippen molar-refractivity contribution in [3.8, 4) is 0 Å². The number of hydrogen-bond donors (Lipinski definition) is 2. The third kappa shape index (κ3) is 11.3. The lowest BCUT2D eigenvalue weighted by molar-refractivity contribution is 0.0934. The summed E-state index contributed by atoms with van der Waals surface area (Å²) in [6, 6.07) is 17.5. The van der Waals surface area contributed by atoms with Crippen LogP contribution in [-0.2, 0) is 19.5 Å². The second kappa shape index (κ2) is 15.4. The summed E-state index contributed by atoms with van der Waals surface area (Å²) in [5.41, 5.74) is 4.42. The Morgan fingerprint density at radius 3 is 2.38 bits per heavy atom. The summed E-state index contributed by atoms with van der Waals surface area (Å²) < 4.78 is 28.9. The first-order valence-electron chi connectivity index (χ1n) is 13.6. The SMILES string of the molecule is Cc1cc(CN(C)CCC(C)C)cc(C(=O)N[C@H](CCNCc2cccc(I)c2)Cc2cc(F)cc(F)c2)c1. The number of aryl methyl sites for hydroxylation is 1. The summed E-state index contributed by atoms with van der Waals surface area (Å²) in [7, 11) is 2.10. The Labute approximate surface area is 245 Å². The molecule has 0 aromatic heterocycles. The Hall–Kier alpha value is -2.36. The van der Waals surface area contributed by atoms with Gasteiger partial charge in [-0.1, -0.05) is 37.6 Å². The molecule has 0 spiro atoms. The summed E-state index contributed by atoms with van der Waals surface area (Å²) in [4.78, 5) is 15.7. The van der Waals surface area contributed by atoms with Gasteiger partial charge >= 0.3 is 0 Å². The highest BCUT2D eigenvalue weighted by Gasteiger charge is 2.17. The van der Waals surface area contributed by atoms with Gasteiger partial charge in [0.1, 0.15) is 11.6 Å². The molecule has 3 aromatic rings. The molecule has 0 unspecified atom stereocenters. The molecule has 0 saturated carbocycles. The summed E-state index contributed by atoms with van der Waals surface area (Å²) in [5.74, 6) is -0.765. The molecule has 0 aliphatic heterocycles. The van der Waals surface area contributed by atoms with E-state index in [2.05, 4.69) is 77.2 Å². The van der Waals surface area contributed by atoms with Crippen LogP contribution in [0.5, 0.6) is 0 Å². The average Bonchev–Trinajstić information content (AvgIpc) is 2.84. The molecule has 0 bridgehead atoms. The van der Waals surface area contributed by atoms with Gasteiger partial charge in [-0.25, -0.2) is 8.78 Å². The van der Waals surface area contributed by atoms with E-state index in [0.717, 1.165) is 36.7 Å². The van der Waals surface area contributed by atoms with Crippen LogP contribution in [0.25, 0.3) is 0 Å². The lowest BCUT2D eigenvalue weighted by Gasteiger charge is -2.21. The molecule has 4 nitrogen and oxygen atoms in total. The Morgan fingerprint density at radius 2 is 1.69 bits per heavy atom. The van der Waals surface area contributed by atoms with Crippen LogP contribution in [0.15, 0.2) is 60.7 Å². The minimum Gasteiger partial charge on any atom is -0.349 e. The molecule has 1 atom stereocenters. The molecule has 210 valence electrons. The van der Waals surface area contributed by atoms with E-state index >= 15 is 0 Å². The van der Waals surface area contributed by atoms with Crippen molar-refractivity contribution in [1.82, 2.24) is 15.5 Å².